The summed E-state index contributed by atoms with van der Waals surface area (Å²) in [7, 11) is 0. The average molecular weight is 603 g/mol. The van der Waals surface area contributed by atoms with Gasteiger partial charge in [-0.2, -0.15) is 0 Å². The molecule has 5 aromatic rings. The van der Waals surface area contributed by atoms with Crippen LogP contribution in [-0.2, 0) is 0 Å². The number of carbonyl (C=O) groups excluding carboxylic acids is 1. The zero-order valence-corrected chi connectivity index (χ0v) is 22.4. The molecule has 10 heteroatoms. The predicted octanol–water partition coefficient (Wildman–Crippen LogP) is 8.42. The number of furan rings is 1. The van der Waals surface area contributed by atoms with Crippen molar-refractivity contribution in [2.75, 3.05) is 5.32 Å². The van der Waals surface area contributed by atoms with Gasteiger partial charge in [0, 0.05) is 15.6 Å². The van der Waals surface area contributed by atoms with Crippen molar-refractivity contribution in [3.63, 3.8) is 0 Å². The van der Waals surface area contributed by atoms with E-state index in [1.807, 2.05) is 42.5 Å². The minimum Gasteiger partial charge on any atom is -0.451 e. The van der Waals surface area contributed by atoms with Gasteiger partial charge in [0.2, 0.25) is 0 Å². The number of amides is 1. The second-order valence-electron chi connectivity index (χ2n) is 7.35. The third-order valence-electron chi connectivity index (χ3n) is 5.03. The lowest BCUT2D eigenvalue weighted by Gasteiger charge is -2.12. The predicted molar refractivity (Wildman–Crippen MR) is 151 cm³/mol. The summed E-state index contributed by atoms with van der Waals surface area (Å²) in [5, 5.41) is 7.46. The molecule has 2 heterocycles. The monoisotopic (exact) mass is 601 g/mol. The minimum absolute atomic E-state index is 0.0856. The molecule has 0 aliphatic carbocycles. The van der Waals surface area contributed by atoms with E-state index in [2.05, 4.69) is 26.6 Å². The molecule has 2 aromatic heterocycles. The van der Waals surface area contributed by atoms with E-state index < -0.39 is 5.91 Å². The number of anilines is 1. The van der Waals surface area contributed by atoms with E-state index in [9.17, 15) is 4.79 Å². The molecule has 5 rings (SSSR count). The number of benzene rings is 3. The zero-order chi connectivity index (χ0) is 24.5. The van der Waals surface area contributed by atoms with Gasteiger partial charge in [0.05, 0.1) is 25.9 Å². The SMILES string of the molecule is O=C(NC(=S)Nc1ccc(Br)cc1-c1nc2ccccc2s1)c1ccc(-c2cccc(Cl)c2Cl)o1. The second kappa shape index (κ2) is 10.1. The molecule has 0 spiro atoms. The van der Waals surface area contributed by atoms with Crippen LogP contribution in [0, 0.1) is 0 Å². The fourth-order valence-corrected chi connectivity index (χ4v) is 5.36. The van der Waals surface area contributed by atoms with Crippen LogP contribution in [0.15, 0.2) is 81.7 Å². The Bertz CT molecular complexity index is 1570. The standard InChI is InChI=1S/C25H14BrCl2N3O2S2/c26-13-8-9-17(15(12-13)24-29-18-6-1-2-7-21(18)35-24)30-25(34)31-23(32)20-11-10-19(33-20)14-4-3-5-16(27)22(14)28/h1-12H,(H2,30,31,32,34). The molecule has 0 radical (unpaired) electrons. The molecule has 3 aromatic carbocycles. The number of halogens is 3. The van der Waals surface area contributed by atoms with Gasteiger partial charge >= 0.3 is 0 Å². The average Bonchev–Trinajstić information content (AvgIpc) is 3.49. The van der Waals surface area contributed by atoms with Crippen molar-refractivity contribution in [2.45, 2.75) is 0 Å². The van der Waals surface area contributed by atoms with Crippen molar-refractivity contribution in [1.82, 2.24) is 10.3 Å². The Balaban J connectivity index is 1.34. The van der Waals surface area contributed by atoms with Crippen LogP contribution < -0.4 is 10.6 Å². The third-order valence-corrected chi connectivity index (χ3v) is 7.61. The molecule has 35 heavy (non-hydrogen) atoms. The van der Waals surface area contributed by atoms with Gasteiger partial charge in [-0.1, -0.05) is 57.3 Å². The summed E-state index contributed by atoms with van der Waals surface area (Å²) >= 11 is 22.8. The van der Waals surface area contributed by atoms with Crippen molar-refractivity contribution in [1.29, 1.82) is 0 Å². The lowest BCUT2D eigenvalue weighted by atomic mass is 10.2. The van der Waals surface area contributed by atoms with E-state index in [1.165, 1.54) is 0 Å². The molecular weight excluding hydrogens is 589 g/mol. The fraction of sp³-hybridized carbons (Fsp3) is 0. The van der Waals surface area contributed by atoms with Crippen LogP contribution in [0.3, 0.4) is 0 Å². The maximum absolute atomic E-state index is 12.8. The van der Waals surface area contributed by atoms with Crippen molar-refractivity contribution in [2.24, 2.45) is 0 Å². The highest BCUT2D eigenvalue weighted by atomic mass is 79.9. The number of hydrogen-bond donors (Lipinski definition) is 2. The van der Waals surface area contributed by atoms with Crippen molar-refractivity contribution < 1.29 is 9.21 Å². The first-order valence-corrected chi connectivity index (χ1v) is 13.0. The van der Waals surface area contributed by atoms with Crippen molar-refractivity contribution in [3.05, 3.63) is 93.1 Å². The van der Waals surface area contributed by atoms with Crippen molar-refractivity contribution >= 4 is 89.6 Å². The molecule has 0 aliphatic heterocycles. The van der Waals surface area contributed by atoms with Crippen LogP contribution in [0.5, 0.6) is 0 Å². The number of aromatic nitrogens is 1. The maximum Gasteiger partial charge on any atom is 0.293 e. The Morgan fingerprint density at radius 3 is 2.66 bits per heavy atom. The summed E-state index contributed by atoms with van der Waals surface area (Å²) in [4.78, 5) is 17.5. The van der Waals surface area contributed by atoms with E-state index >= 15 is 0 Å². The summed E-state index contributed by atoms with van der Waals surface area (Å²) in [5.41, 5.74) is 3.08. The maximum atomic E-state index is 12.8. The number of carbonyl (C=O) groups is 1. The highest BCUT2D eigenvalue weighted by Crippen LogP contribution is 2.37. The smallest absolute Gasteiger partial charge is 0.293 e. The van der Waals surface area contributed by atoms with Crippen LogP contribution in [0.4, 0.5) is 5.69 Å². The van der Waals surface area contributed by atoms with Gasteiger partial charge in [-0.15, -0.1) is 11.3 Å². The van der Waals surface area contributed by atoms with E-state index in [1.54, 1.807) is 41.7 Å². The molecule has 0 fully saturated rings. The number of thiazole rings is 1. The number of nitrogens with one attached hydrogen (secondary N) is 2. The first kappa shape index (κ1) is 24.0. The van der Waals surface area contributed by atoms with Crippen LogP contribution in [0.1, 0.15) is 10.6 Å². The number of para-hydroxylation sites is 1. The first-order valence-electron chi connectivity index (χ1n) is 10.2. The van der Waals surface area contributed by atoms with E-state index in [-0.39, 0.29) is 10.9 Å². The fourth-order valence-electron chi connectivity index (χ4n) is 3.41. The van der Waals surface area contributed by atoms with E-state index in [4.69, 9.17) is 44.8 Å². The third kappa shape index (κ3) is 5.12. The topological polar surface area (TPSA) is 67.2 Å². The summed E-state index contributed by atoms with van der Waals surface area (Å²) in [6.45, 7) is 0. The number of hydrogen-bond acceptors (Lipinski definition) is 5. The summed E-state index contributed by atoms with van der Waals surface area (Å²) in [5.74, 6) is 0.0144. The molecule has 0 atom stereocenters. The molecule has 5 nitrogen and oxygen atoms in total. The van der Waals surface area contributed by atoms with Gasteiger partial charge in [-0.05, 0) is 66.8 Å². The molecule has 0 unspecified atom stereocenters. The first-order chi connectivity index (χ1) is 16.9. The molecule has 0 bridgehead atoms. The quantitative estimate of drug-likeness (QED) is 0.202. The Morgan fingerprint density at radius 2 is 1.83 bits per heavy atom. The van der Waals surface area contributed by atoms with E-state index in [0.717, 1.165) is 25.3 Å². The van der Waals surface area contributed by atoms with Crippen LogP contribution in [0.2, 0.25) is 10.0 Å². The number of thiocarbonyl (C=S) groups is 1. The van der Waals surface area contributed by atoms with Gasteiger partial charge in [0.15, 0.2) is 10.9 Å². The molecule has 1 amide bonds. The Kier molecular flexibility index (Phi) is 6.91. The molecule has 0 saturated carbocycles. The normalized spacial score (nSPS) is 10.9. The number of nitrogens with zero attached hydrogens (tertiary/aromatic N) is 1. The summed E-state index contributed by atoms with van der Waals surface area (Å²) in [6.07, 6.45) is 0. The minimum atomic E-state index is -0.495. The van der Waals surface area contributed by atoms with Crippen LogP contribution in [-0.4, -0.2) is 16.0 Å². The van der Waals surface area contributed by atoms with Gasteiger partial charge in [0.1, 0.15) is 10.8 Å². The van der Waals surface area contributed by atoms with Crippen LogP contribution >= 0.6 is 62.7 Å². The summed E-state index contributed by atoms with van der Waals surface area (Å²) < 4.78 is 7.68. The van der Waals surface area contributed by atoms with Gasteiger partial charge in [-0.25, -0.2) is 4.98 Å². The largest absolute Gasteiger partial charge is 0.451 e. The van der Waals surface area contributed by atoms with Gasteiger partial charge in [-0.3, -0.25) is 10.1 Å². The van der Waals surface area contributed by atoms with E-state index in [0.29, 0.717) is 27.1 Å². The summed E-state index contributed by atoms with van der Waals surface area (Å²) in [6, 6.07) is 22.1. The Morgan fingerprint density at radius 1 is 1.00 bits per heavy atom. The Hall–Kier alpha value is -2.75. The van der Waals surface area contributed by atoms with Gasteiger partial charge in [0.25, 0.3) is 5.91 Å². The second-order valence-corrected chi connectivity index (χ2v) is 10.5. The highest BCUT2D eigenvalue weighted by Gasteiger charge is 2.17. The molecule has 0 saturated heterocycles. The lowest BCUT2D eigenvalue weighted by Crippen LogP contribution is -2.34. The number of fused-ring (bicyclic) bond motifs is 1. The van der Waals surface area contributed by atoms with Crippen molar-refractivity contribution in [3.8, 4) is 21.9 Å². The highest BCUT2D eigenvalue weighted by molar-refractivity contribution is 9.10. The molecular formula is C25H14BrCl2N3O2S2. The van der Waals surface area contributed by atoms with Crippen LogP contribution in [0.25, 0.3) is 32.1 Å². The lowest BCUT2D eigenvalue weighted by molar-refractivity contribution is 0.0951. The zero-order valence-electron chi connectivity index (χ0n) is 17.6. The Labute approximate surface area is 228 Å². The molecule has 174 valence electrons. The molecule has 2 N–H and O–H groups in total. The van der Waals surface area contributed by atoms with Gasteiger partial charge < -0.3 is 9.73 Å². The molecule has 0 aliphatic rings. The number of rotatable bonds is 4.